The lowest BCUT2D eigenvalue weighted by Gasteiger charge is -2.36. The highest BCUT2D eigenvalue weighted by molar-refractivity contribution is 9.10. The molecule has 0 aliphatic carbocycles. The van der Waals surface area contributed by atoms with Crippen molar-refractivity contribution in [1.82, 2.24) is 0 Å². The molecule has 2 aromatic rings. The highest BCUT2D eigenvalue weighted by Crippen LogP contribution is 2.39. The summed E-state index contributed by atoms with van der Waals surface area (Å²) in [4.78, 5) is 0. The third-order valence-electron chi connectivity index (χ3n) is 10.1. The minimum Gasteiger partial charge on any atom is -0.508 e. The van der Waals surface area contributed by atoms with Gasteiger partial charge >= 0.3 is 0 Å². The van der Waals surface area contributed by atoms with Crippen molar-refractivity contribution in [2.24, 2.45) is 0 Å². The standard InChI is InChI=1S/C16H26BrClO2Si.C10H24O2Si.C6H4BrClO.C6H15ClSi.C4H10O2/c1-12(9-10-19-21(5,6)16(2,3)4)20-13-7-8-14(17)15(18)11-13;1-9(11)7-8-12-13(5,6)10(2,3)4;7-5-2-1-4(9)3-6(5)8;1-6(2,3)8(4,5)7;1-4(6)2-3-5/h7-8,11-12H,9-10H2,1-6H3;9,11H,7-8H2,1-6H3;1-3,9H;1-5H3;4-6H,2-3H2,1H3. The number of halogens is 5. The van der Waals surface area contributed by atoms with Gasteiger partial charge in [-0.25, -0.2) is 0 Å². The van der Waals surface area contributed by atoms with E-state index in [1.807, 2.05) is 18.2 Å². The second kappa shape index (κ2) is 28.1. The maximum absolute atomic E-state index is 9.09. The lowest BCUT2D eigenvalue weighted by molar-refractivity contribution is 0.148. The van der Waals surface area contributed by atoms with Crippen molar-refractivity contribution in [1.29, 1.82) is 0 Å². The van der Waals surface area contributed by atoms with E-state index >= 15 is 0 Å². The number of phenols is 1. The summed E-state index contributed by atoms with van der Waals surface area (Å²) in [7, 11) is -4.63. The first-order valence-electron chi connectivity index (χ1n) is 19.6. The number of phenolic OH excluding ortho intramolecular Hbond substituents is 1. The lowest BCUT2D eigenvalue weighted by atomic mass is 10.2. The molecule has 7 nitrogen and oxygen atoms in total. The molecule has 2 aromatic carbocycles. The molecule has 0 spiro atoms. The minimum absolute atomic E-state index is 0.0810. The molecule has 4 N–H and O–H groups in total. The van der Waals surface area contributed by atoms with Crippen LogP contribution in [-0.4, -0.2) is 82.6 Å². The zero-order valence-electron chi connectivity index (χ0n) is 38.3. The van der Waals surface area contributed by atoms with E-state index in [0.717, 1.165) is 34.1 Å². The number of aromatic hydroxyl groups is 1. The van der Waals surface area contributed by atoms with Crippen molar-refractivity contribution in [3.63, 3.8) is 0 Å². The largest absolute Gasteiger partial charge is 0.508 e. The molecule has 0 saturated carbocycles. The van der Waals surface area contributed by atoms with Crippen LogP contribution in [0, 0.1) is 0 Å². The average molecular weight is 1050 g/mol. The van der Waals surface area contributed by atoms with Crippen molar-refractivity contribution < 1.29 is 34.0 Å². The summed E-state index contributed by atoms with van der Waals surface area (Å²) in [6, 6.07) is 10.4. The molecular formula is C42H79Br2Cl3O7Si3. The molecule has 0 heterocycles. The van der Waals surface area contributed by atoms with Crippen LogP contribution in [0.25, 0.3) is 0 Å². The molecule has 0 aliphatic rings. The summed E-state index contributed by atoms with van der Waals surface area (Å²) in [6.07, 6.45) is 1.61. The van der Waals surface area contributed by atoms with E-state index in [4.69, 9.17) is 68.3 Å². The van der Waals surface area contributed by atoms with Crippen LogP contribution in [0.1, 0.15) is 102 Å². The van der Waals surface area contributed by atoms with E-state index < -0.39 is 24.0 Å². The van der Waals surface area contributed by atoms with Gasteiger partial charge in [0.1, 0.15) is 11.5 Å². The molecule has 0 radical (unpaired) electrons. The van der Waals surface area contributed by atoms with Gasteiger partial charge in [0.15, 0.2) is 24.0 Å². The summed E-state index contributed by atoms with van der Waals surface area (Å²) in [5.41, 5.74) is 0. The van der Waals surface area contributed by atoms with E-state index in [1.54, 1.807) is 26.0 Å². The molecule has 0 aromatic heterocycles. The number of hydrogen-bond acceptors (Lipinski definition) is 7. The van der Waals surface area contributed by atoms with Crippen LogP contribution in [0.2, 0.25) is 64.4 Å². The van der Waals surface area contributed by atoms with Crippen LogP contribution >= 0.6 is 66.1 Å². The third-order valence-corrected chi connectivity index (χ3v) is 26.9. The van der Waals surface area contributed by atoms with Crippen molar-refractivity contribution in [2.45, 2.75) is 175 Å². The molecular weight excluding hydrogens is 967 g/mol. The van der Waals surface area contributed by atoms with Crippen LogP contribution in [-0.2, 0) is 8.85 Å². The zero-order chi connectivity index (χ0) is 45.8. The SMILES string of the molecule is CC(C)(C)[Si](C)(C)Cl.CC(CCO[Si](C)(C)C(C)(C)C)Oc1ccc(Br)c(Cl)c1.CC(O)CCO.CC(O)CCO[Si](C)(C)C(C)(C)C.Oc1ccc(Br)c(Cl)c1. The summed E-state index contributed by atoms with van der Waals surface area (Å²) in [5.74, 6) is 0.978. The Hall–Kier alpha value is 0.321. The fraction of sp³-hybridized carbons (Fsp3) is 0.714. The van der Waals surface area contributed by atoms with Crippen LogP contribution in [0.5, 0.6) is 11.5 Å². The first-order chi connectivity index (χ1) is 25.4. The molecule has 15 heteroatoms. The first-order valence-corrected chi connectivity index (χ1v) is 31.8. The molecule has 0 aliphatic heterocycles. The Labute approximate surface area is 383 Å². The van der Waals surface area contributed by atoms with Crippen molar-refractivity contribution in [3.05, 3.63) is 55.4 Å². The second-order valence-corrected chi connectivity index (χ2v) is 38.3. The van der Waals surface area contributed by atoms with E-state index in [9.17, 15) is 0 Å². The predicted molar refractivity (Wildman–Crippen MR) is 264 cm³/mol. The highest BCUT2D eigenvalue weighted by atomic mass is 79.9. The Morgan fingerprint density at radius 1 is 0.632 bits per heavy atom. The Morgan fingerprint density at radius 2 is 1.00 bits per heavy atom. The zero-order valence-corrected chi connectivity index (χ0v) is 46.8. The Kier molecular flexibility index (Phi) is 30.4. The van der Waals surface area contributed by atoms with Crippen molar-refractivity contribution >= 4 is 90.2 Å². The fourth-order valence-corrected chi connectivity index (χ4v) is 5.87. The summed E-state index contributed by atoms with van der Waals surface area (Å²) in [5, 5.41) is 36.4. The number of hydrogen-bond donors (Lipinski definition) is 4. The number of ether oxygens (including phenoxy) is 1. The number of benzene rings is 2. The molecule has 2 rings (SSSR count). The molecule has 0 saturated heterocycles. The third kappa shape index (κ3) is 30.1. The quantitative estimate of drug-likeness (QED) is 0.124. The minimum atomic E-state index is -1.66. The average Bonchev–Trinajstić information content (AvgIpc) is 3.00. The van der Waals surface area contributed by atoms with Gasteiger partial charge in [0.25, 0.3) is 0 Å². The fourth-order valence-electron chi connectivity index (χ4n) is 2.91. The molecule has 57 heavy (non-hydrogen) atoms. The van der Waals surface area contributed by atoms with Gasteiger partial charge in [0, 0.05) is 35.2 Å². The predicted octanol–water partition coefficient (Wildman–Crippen LogP) is 14.8. The van der Waals surface area contributed by atoms with Gasteiger partial charge < -0.3 is 34.0 Å². The highest BCUT2D eigenvalue weighted by Gasteiger charge is 2.38. The first kappa shape index (κ1) is 61.6. The number of rotatable bonds is 12. The smallest absolute Gasteiger partial charge is 0.191 e. The second-order valence-electron chi connectivity index (χ2n) is 18.8. The maximum Gasteiger partial charge on any atom is 0.191 e. The Balaban J connectivity index is -0.000000694. The molecule has 3 unspecified atom stereocenters. The van der Waals surface area contributed by atoms with Crippen LogP contribution < -0.4 is 4.74 Å². The summed E-state index contributed by atoms with van der Waals surface area (Å²) in [6.45, 7) is 40.4. The number of aliphatic hydroxyl groups excluding tert-OH is 3. The van der Waals surface area contributed by atoms with Gasteiger partial charge in [0.2, 0.25) is 0 Å². The topological polar surface area (TPSA) is 109 Å². The summed E-state index contributed by atoms with van der Waals surface area (Å²) < 4.78 is 19.6. The normalized spacial score (nSPS) is 13.9. The van der Waals surface area contributed by atoms with Crippen molar-refractivity contribution in [3.8, 4) is 11.5 Å². The number of aliphatic hydroxyl groups is 3. The van der Waals surface area contributed by atoms with Crippen LogP contribution in [0.15, 0.2) is 45.3 Å². The van der Waals surface area contributed by atoms with Gasteiger partial charge in [-0.2, -0.15) is 11.1 Å². The maximum atomic E-state index is 9.09. The molecule has 3 atom stereocenters. The lowest BCUT2D eigenvalue weighted by Crippen LogP contribution is -2.41. The van der Waals surface area contributed by atoms with Gasteiger partial charge in [-0.15, -0.1) is 0 Å². The molecule has 0 fully saturated rings. The van der Waals surface area contributed by atoms with Crippen molar-refractivity contribution in [2.75, 3.05) is 19.8 Å². The molecule has 0 bridgehead atoms. The molecule has 0 amide bonds. The van der Waals surface area contributed by atoms with Gasteiger partial charge in [-0.05, 0) is 143 Å². The van der Waals surface area contributed by atoms with E-state index in [-0.39, 0.29) is 40.7 Å². The van der Waals surface area contributed by atoms with Crippen LogP contribution in [0.3, 0.4) is 0 Å². The Morgan fingerprint density at radius 3 is 1.28 bits per heavy atom. The van der Waals surface area contributed by atoms with E-state index in [0.29, 0.717) is 28.1 Å². The van der Waals surface area contributed by atoms with Gasteiger partial charge in [-0.1, -0.05) is 98.6 Å². The van der Waals surface area contributed by atoms with Crippen LogP contribution in [0.4, 0.5) is 0 Å². The van der Waals surface area contributed by atoms with E-state index in [2.05, 4.69) is 140 Å². The molecule has 336 valence electrons. The van der Waals surface area contributed by atoms with E-state index in [1.165, 1.54) is 6.07 Å². The van der Waals surface area contributed by atoms with Gasteiger partial charge in [-0.3, -0.25) is 0 Å². The monoisotopic (exact) mass is 1040 g/mol. The van der Waals surface area contributed by atoms with Gasteiger partial charge in [0.05, 0.1) is 28.4 Å². The summed E-state index contributed by atoms with van der Waals surface area (Å²) >= 11 is 24.4. The Bertz CT molecular complexity index is 1360.